The number of rotatable bonds is 5. The van der Waals surface area contributed by atoms with Crippen molar-refractivity contribution in [3.63, 3.8) is 0 Å². The second-order valence-corrected chi connectivity index (χ2v) is 8.23. The molecule has 0 bridgehead atoms. The van der Waals surface area contributed by atoms with Crippen molar-refractivity contribution in [2.45, 2.75) is 25.1 Å². The number of nitrogens with zero attached hydrogens (tertiary/aromatic N) is 2. The highest BCUT2D eigenvalue weighted by molar-refractivity contribution is 8.15. The fourth-order valence-electron chi connectivity index (χ4n) is 3.56. The van der Waals surface area contributed by atoms with Gasteiger partial charge in [-0.1, -0.05) is 18.3 Å². The number of hydrogen-bond acceptors (Lipinski definition) is 5. The van der Waals surface area contributed by atoms with Gasteiger partial charge in [0.05, 0.1) is 6.61 Å². The molecule has 3 rings (SSSR count). The first-order valence-electron chi connectivity index (χ1n) is 9.31. The van der Waals surface area contributed by atoms with Crippen molar-refractivity contribution in [1.82, 2.24) is 5.01 Å². The highest BCUT2D eigenvalue weighted by atomic mass is 32.2. The minimum Gasteiger partial charge on any atom is -0.493 e. The maximum atomic E-state index is 14.6. The van der Waals surface area contributed by atoms with Crippen LogP contribution in [0.3, 0.4) is 0 Å². The highest BCUT2D eigenvalue weighted by Gasteiger charge is 2.56. The van der Waals surface area contributed by atoms with Crippen molar-refractivity contribution in [1.29, 1.82) is 0 Å². The Morgan fingerprint density at radius 3 is 2.80 bits per heavy atom. The smallest absolute Gasteiger partial charge is 0.241 e. The third-order valence-electron chi connectivity index (χ3n) is 4.98. The molecule has 2 heterocycles. The number of hydrogen-bond donors (Lipinski definition) is 1. The first-order valence-corrected chi connectivity index (χ1v) is 10.1. The molecule has 2 unspecified atom stereocenters. The van der Waals surface area contributed by atoms with Gasteiger partial charge in [-0.25, -0.2) is 18.2 Å². The van der Waals surface area contributed by atoms with Crippen LogP contribution in [0.1, 0.15) is 25.8 Å². The molecule has 2 aliphatic rings. The lowest BCUT2D eigenvalue weighted by Crippen LogP contribution is -2.51. The number of halogens is 3. The summed E-state index contributed by atoms with van der Waals surface area (Å²) in [6.45, 7) is 6.43. The van der Waals surface area contributed by atoms with Crippen molar-refractivity contribution in [3.8, 4) is 5.75 Å². The Hall–Kier alpha value is -2.52. The number of allylic oxidation sites excluding steroid dienone is 4. The fraction of sp³-hybridized carbons (Fsp3) is 0.333. The summed E-state index contributed by atoms with van der Waals surface area (Å²) < 4.78 is 47.4. The molecule has 0 aliphatic carbocycles. The lowest BCUT2D eigenvalue weighted by atomic mass is 9.86. The minimum atomic E-state index is -1.13. The molecule has 160 valence electrons. The Morgan fingerprint density at radius 1 is 1.43 bits per heavy atom. The largest absolute Gasteiger partial charge is 0.493 e. The summed E-state index contributed by atoms with van der Waals surface area (Å²) >= 11 is 1.15. The minimum absolute atomic E-state index is 0.122. The van der Waals surface area contributed by atoms with E-state index in [1.165, 1.54) is 37.1 Å². The molecule has 0 radical (unpaired) electrons. The van der Waals surface area contributed by atoms with Gasteiger partial charge < -0.3 is 10.5 Å². The number of thioether (sulfide) groups is 1. The van der Waals surface area contributed by atoms with Crippen LogP contribution in [0.5, 0.6) is 5.75 Å². The van der Waals surface area contributed by atoms with Gasteiger partial charge in [-0.3, -0.25) is 4.79 Å². The van der Waals surface area contributed by atoms with Crippen molar-refractivity contribution >= 4 is 22.7 Å². The molecule has 5 nitrogen and oxygen atoms in total. The standard InChI is InChI=1S/C21H22F3N3O2S/c1-12(22)4-6-18(24)13(2)20-26-27(14(3)28)21(30-20)15(8-9-25)11-29-19-7-5-16(23)10-17(19)21/h4-7,10,15H,1,8-9,11,25H2,2-3H3/b6-4-,18-13-. The first kappa shape index (κ1) is 22.2. The van der Waals surface area contributed by atoms with Crippen LogP contribution in [-0.4, -0.2) is 29.1 Å². The number of ether oxygens (including phenoxy) is 1. The number of hydrazone groups is 1. The fourth-order valence-corrected chi connectivity index (χ4v) is 5.11. The summed E-state index contributed by atoms with van der Waals surface area (Å²) in [7, 11) is 0. The number of benzene rings is 1. The topological polar surface area (TPSA) is 67.9 Å². The molecule has 2 aliphatic heterocycles. The maximum absolute atomic E-state index is 14.6. The zero-order chi connectivity index (χ0) is 22.1. The van der Waals surface area contributed by atoms with E-state index < -0.39 is 28.2 Å². The van der Waals surface area contributed by atoms with Gasteiger partial charge in [-0.15, -0.1) is 0 Å². The monoisotopic (exact) mass is 437 g/mol. The van der Waals surface area contributed by atoms with Gasteiger partial charge in [0, 0.05) is 24.0 Å². The molecule has 1 aromatic rings. The number of amides is 1. The Balaban J connectivity index is 2.16. The molecule has 1 aromatic carbocycles. The van der Waals surface area contributed by atoms with Crippen LogP contribution >= 0.6 is 11.8 Å². The van der Waals surface area contributed by atoms with Crippen molar-refractivity contribution in [2.24, 2.45) is 16.8 Å². The molecule has 30 heavy (non-hydrogen) atoms. The Bertz CT molecular complexity index is 976. The summed E-state index contributed by atoms with van der Waals surface area (Å²) in [6, 6.07) is 4.08. The molecule has 9 heteroatoms. The van der Waals surface area contributed by atoms with Crippen LogP contribution < -0.4 is 10.5 Å². The van der Waals surface area contributed by atoms with Crippen LogP contribution in [0.15, 0.2) is 59.3 Å². The van der Waals surface area contributed by atoms with Crippen LogP contribution in [0.25, 0.3) is 0 Å². The van der Waals surface area contributed by atoms with Gasteiger partial charge in [0.25, 0.3) is 0 Å². The molecule has 0 saturated heterocycles. The van der Waals surface area contributed by atoms with Gasteiger partial charge in [-0.2, -0.15) is 5.10 Å². The van der Waals surface area contributed by atoms with Crippen LogP contribution in [-0.2, 0) is 9.67 Å². The average Bonchev–Trinajstić information content (AvgIpc) is 3.10. The van der Waals surface area contributed by atoms with E-state index in [-0.39, 0.29) is 23.1 Å². The van der Waals surface area contributed by atoms with Gasteiger partial charge >= 0.3 is 0 Å². The maximum Gasteiger partial charge on any atom is 0.241 e. The molecule has 0 saturated carbocycles. The highest BCUT2D eigenvalue weighted by Crippen LogP contribution is 2.57. The zero-order valence-corrected chi connectivity index (χ0v) is 17.4. The van der Waals surface area contributed by atoms with E-state index >= 15 is 0 Å². The summed E-state index contributed by atoms with van der Waals surface area (Å²) in [5.74, 6) is -2.29. The third-order valence-corrected chi connectivity index (χ3v) is 6.60. The predicted octanol–water partition coefficient (Wildman–Crippen LogP) is 4.53. The van der Waals surface area contributed by atoms with Gasteiger partial charge in [0.2, 0.25) is 5.91 Å². The Labute approximate surface area is 177 Å². The zero-order valence-electron chi connectivity index (χ0n) is 16.6. The Morgan fingerprint density at radius 2 is 2.17 bits per heavy atom. The quantitative estimate of drug-likeness (QED) is 0.688. The summed E-state index contributed by atoms with van der Waals surface area (Å²) in [4.78, 5) is 11.4. The molecule has 2 atom stereocenters. The number of nitrogens with two attached hydrogens (primary N) is 1. The molecule has 0 fully saturated rings. The summed E-state index contributed by atoms with van der Waals surface area (Å²) in [6.07, 6.45) is 2.31. The first-order chi connectivity index (χ1) is 14.2. The molecule has 0 aromatic heterocycles. The van der Waals surface area contributed by atoms with Gasteiger partial charge in [0.15, 0.2) is 4.87 Å². The molecule has 2 N–H and O–H groups in total. The lowest BCUT2D eigenvalue weighted by molar-refractivity contribution is -0.134. The summed E-state index contributed by atoms with van der Waals surface area (Å²) in [5.41, 5.74) is 6.35. The average molecular weight is 437 g/mol. The van der Waals surface area contributed by atoms with Crippen molar-refractivity contribution in [2.75, 3.05) is 13.2 Å². The SMILES string of the molecule is C=C(F)/C=C\C(F)=C(/C)C1=NN(C(C)=O)C2(S1)c1cc(F)ccc1OCC2CCN. The lowest BCUT2D eigenvalue weighted by Gasteiger charge is -2.45. The van der Waals surface area contributed by atoms with Gasteiger partial charge in [-0.05, 0) is 50.2 Å². The number of carbonyl (C=O) groups excluding carboxylic acids is 1. The third kappa shape index (κ3) is 3.91. The predicted molar refractivity (Wildman–Crippen MR) is 111 cm³/mol. The van der Waals surface area contributed by atoms with Crippen LogP contribution in [0.4, 0.5) is 13.2 Å². The van der Waals surface area contributed by atoms with E-state index in [9.17, 15) is 18.0 Å². The second-order valence-electron chi connectivity index (χ2n) is 7.01. The van der Waals surface area contributed by atoms with Crippen LogP contribution in [0, 0.1) is 11.7 Å². The number of fused-ring (bicyclic) bond motifs is 2. The molecule has 1 spiro atoms. The van der Waals surface area contributed by atoms with E-state index in [4.69, 9.17) is 10.5 Å². The van der Waals surface area contributed by atoms with E-state index in [1.807, 2.05) is 0 Å². The molecular formula is C21H22F3N3O2S. The van der Waals surface area contributed by atoms with E-state index in [0.29, 0.717) is 24.3 Å². The van der Waals surface area contributed by atoms with Crippen molar-refractivity contribution in [3.05, 3.63) is 65.5 Å². The van der Waals surface area contributed by atoms with E-state index in [1.54, 1.807) is 0 Å². The van der Waals surface area contributed by atoms with Gasteiger partial charge in [0.1, 0.15) is 28.3 Å². The second kappa shape index (κ2) is 8.69. The molecule has 1 amide bonds. The van der Waals surface area contributed by atoms with E-state index in [0.717, 1.165) is 23.9 Å². The van der Waals surface area contributed by atoms with Crippen LogP contribution in [0.2, 0.25) is 0 Å². The number of carbonyl (C=O) groups is 1. The Kier molecular flexibility index (Phi) is 6.42. The normalized spacial score (nSPS) is 23.9. The molecular weight excluding hydrogens is 415 g/mol. The van der Waals surface area contributed by atoms with E-state index in [2.05, 4.69) is 11.7 Å². The summed E-state index contributed by atoms with van der Waals surface area (Å²) in [5, 5.41) is 5.86. The van der Waals surface area contributed by atoms with Crippen molar-refractivity contribution < 1.29 is 22.7 Å².